The molecule has 0 amide bonds. The molecular weight excluding hydrogens is 262 g/mol. The normalized spacial score (nSPS) is 11.8. The number of rotatable bonds is 4. The predicted octanol–water partition coefficient (Wildman–Crippen LogP) is 3.75. The van der Waals surface area contributed by atoms with Gasteiger partial charge in [0.05, 0.1) is 6.07 Å². The Balaban J connectivity index is 2.20. The van der Waals surface area contributed by atoms with Crippen LogP contribution in [0.2, 0.25) is 0 Å². The maximum atomic E-state index is 9.72. The first-order valence-electron chi connectivity index (χ1n) is 6.89. The molecule has 3 heteroatoms. The summed E-state index contributed by atoms with van der Waals surface area (Å²) < 4.78 is 5.82. The zero-order valence-corrected chi connectivity index (χ0v) is 12.6. The van der Waals surface area contributed by atoms with Gasteiger partial charge in [0.15, 0.2) is 6.10 Å². The van der Waals surface area contributed by atoms with Gasteiger partial charge >= 0.3 is 0 Å². The molecule has 0 aliphatic rings. The number of nitrogens with zero attached hydrogens (tertiary/aromatic N) is 1. The Hall–Kier alpha value is -2.31. The minimum atomic E-state index is -1.12. The Morgan fingerprint density at radius 1 is 1.14 bits per heavy atom. The summed E-state index contributed by atoms with van der Waals surface area (Å²) in [5.41, 5.74) is 5.07. The summed E-state index contributed by atoms with van der Waals surface area (Å²) >= 11 is 0. The molecule has 0 aromatic heterocycles. The quantitative estimate of drug-likeness (QED) is 0.868. The molecule has 0 saturated carbocycles. The maximum absolute atomic E-state index is 9.72. The lowest BCUT2D eigenvalue weighted by Gasteiger charge is -2.14. The van der Waals surface area contributed by atoms with Crippen LogP contribution in [0.25, 0.3) is 0 Å². The Bertz CT molecular complexity index is 663. The fourth-order valence-corrected chi connectivity index (χ4v) is 2.24. The van der Waals surface area contributed by atoms with Crippen molar-refractivity contribution in [2.45, 2.75) is 33.5 Å². The van der Waals surface area contributed by atoms with Gasteiger partial charge in [-0.2, -0.15) is 5.26 Å². The second-order valence-electron chi connectivity index (χ2n) is 5.20. The number of benzene rings is 2. The van der Waals surface area contributed by atoms with E-state index < -0.39 is 6.10 Å². The van der Waals surface area contributed by atoms with Crippen LogP contribution in [0.3, 0.4) is 0 Å². The average molecular weight is 281 g/mol. The van der Waals surface area contributed by atoms with Gasteiger partial charge in [-0.3, -0.25) is 0 Å². The summed E-state index contributed by atoms with van der Waals surface area (Å²) in [6, 6.07) is 13.1. The Morgan fingerprint density at radius 2 is 1.76 bits per heavy atom. The van der Waals surface area contributed by atoms with Crippen molar-refractivity contribution in [3.05, 3.63) is 64.2 Å². The number of aryl methyl sites for hydroxylation is 2. The van der Waals surface area contributed by atoms with Crippen molar-refractivity contribution in [2.24, 2.45) is 0 Å². The van der Waals surface area contributed by atoms with E-state index in [4.69, 9.17) is 10.00 Å². The summed E-state index contributed by atoms with van der Waals surface area (Å²) in [5, 5.41) is 18.6. The molecule has 3 nitrogen and oxygen atoms in total. The van der Waals surface area contributed by atoms with Gasteiger partial charge in [-0.05, 0) is 55.2 Å². The average Bonchev–Trinajstić information content (AvgIpc) is 2.50. The van der Waals surface area contributed by atoms with Crippen LogP contribution in [0, 0.1) is 32.1 Å². The molecule has 2 aromatic carbocycles. The van der Waals surface area contributed by atoms with Crippen molar-refractivity contribution in [3.63, 3.8) is 0 Å². The number of ether oxygens (including phenoxy) is 1. The van der Waals surface area contributed by atoms with E-state index in [1.54, 1.807) is 12.1 Å². The molecule has 0 saturated heterocycles. The van der Waals surface area contributed by atoms with Crippen LogP contribution in [0.15, 0.2) is 36.4 Å². The number of hydrogen-bond donors (Lipinski definition) is 1. The summed E-state index contributed by atoms with van der Waals surface area (Å²) in [6.07, 6.45) is -1.12. The van der Waals surface area contributed by atoms with Gasteiger partial charge in [0, 0.05) is 5.56 Å². The molecule has 2 rings (SSSR count). The highest BCUT2D eigenvalue weighted by atomic mass is 16.5. The van der Waals surface area contributed by atoms with Crippen molar-refractivity contribution in [2.75, 3.05) is 0 Å². The zero-order valence-electron chi connectivity index (χ0n) is 12.6. The lowest BCUT2D eigenvalue weighted by atomic mass is 10.0. The van der Waals surface area contributed by atoms with Gasteiger partial charge < -0.3 is 9.84 Å². The van der Waals surface area contributed by atoms with E-state index in [1.165, 1.54) is 16.7 Å². The molecule has 0 radical (unpaired) electrons. The van der Waals surface area contributed by atoms with Crippen LogP contribution in [0.1, 0.15) is 33.9 Å². The van der Waals surface area contributed by atoms with Crippen molar-refractivity contribution in [1.82, 2.24) is 0 Å². The standard InChI is InChI=1S/C18H19NO2/c1-12-8-16(9-13(2)14(12)3)21-11-15-6-4-5-7-17(15)18(20)10-19/h4-9,18,20H,11H2,1-3H3. The van der Waals surface area contributed by atoms with E-state index in [0.29, 0.717) is 12.2 Å². The molecule has 108 valence electrons. The molecule has 0 aliphatic carbocycles. The highest BCUT2D eigenvalue weighted by Crippen LogP contribution is 2.23. The highest BCUT2D eigenvalue weighted by molar-refractivity contribution is 5.40. The molecule has 0 heterocycles. The number of nitriles is 1. The molecule has 1 unspecified atom stereocenters. The Labute approximate surface area is 125 Å². The maximum Gasteiger partial charge on any atom is 0.166 e. The molecule has 0 bridgehead atoms. The topological polar surface area (TPSA) is 53.2 Å². The van der Waals surface area contributed by atoms with Crippen LogP contribution in [-0.2, 0) is 6.61 Å². The van der Waals surface area contributed by atoms with E-state index in [2.05, 4.69) is 20.8 Å². The first-order valence-corrected chi connectivity index (χ1v) is 6.89. The Kier molecular flexibility index (Phi) is 4.62. The molecular formula is C18H19NO2. The number of aliphatic hydroxyl groups is 1. The van der Waals surface area contributed by atoms with E-state index in [-0.39, 0.29) is 0 Å². The summed E-state index contributed by atoms with van der Waals surface area (Å²) in [4.78, 5) is 0. The SMILES string of the molecule is Cc1cc(OCc2ccccc2C(O)C#N)cc(C)c1C. The minimum absolute atomic E-state index is 0.330. The second kappa shape index (κ2) is 6.43. The Morgan fingerprint density at radius 3 is 2.38 bits per heavy atom. The fourth-order valence-electron chi connectivity index (χ4n) is 2.24. The number of hydrogen-bond acceptors (Lipinski definition) is 3. The highest BCUT2D eigenvalue weighted by Gasteiger charge is 2.11. The van der Waals surface area contributed by atoms with Gasteiger partial charge in [-0.15, -0.1) is 0 Å². The van der Waals surface area contributed by atoms with E-state index in [1.807, 2.05) is 30.3 Å². The van der Waals surface area contributed by atoms with Crippen LogP contribution in [-0.4, -0.2) is 5.11 Å². The van der Waals surface area contributed by atoms with Crippen LogP contribution in [0.4, 0.5) is 0 Å². The van der Waals surface area contributed by atoms with Crippen molar-refractivity contribution >= 4 is 0 Å². The fraction of sp³-hybridized carbons (Fsp3) is 0.278. The lowest BCUT2D eigenvalue weighted by molar-refractivity contribution is 0.229. The molecule has 21 heavy (non-hydrogen) atoms. The van der Waals surface area contributed by atoms with Gasteiger partial charge in [0.2, 0.25) is 0 Å². The van der Waals surface area contributed by atoms with Crippen molar-refractivity contribution < 1.29 is 9.84 Å². The first kappa shape index (κ1) is 15.1. The van der Waals surface area contributed by atoms with Crippen molar-refractivity contribution in [1.29, 1.82) is 5.26 Å². The van der Waals surface area contributed by atoms with Crippen molar-refractivity contribution in [3.8, 4) is 11.8 Å². The minimum Gasteiger partial charge on any atom is -0.489 e. The van der Waals surface area contributed by atoms with E-state index in [9.17, 15) is 5.11 Å². The third-order valence-electron chi connectivity index (χ3n) is 3.77. The van der Waals surface area contributed by atoms with Gasteiger partial charge in [0.1, 0.15) is 12.4 Å². The molecule has 2 aromatic rings. The van der Waals surface area contributed by atoms with E-state index >= 15 is 0 Å². The molecule has 0 spiro atoms. The van der Waals surface area contributed by atoms with Gasteiger partial charge in [-0.25, -0.2) is 0 Å². The van der Waals surface area contributed by atoms with Gasteiger partial charge in [-0.1, -0.05) is 24.3 Å². The number of aliphatic hydroxyl groups excluding tert-OH is 1. The summed E-state index contributed by atoms with van der Waals surface area (Å²) in [5.74, 6) is 0.803. The van der Waals surface area contributed by atoms with Crippen LogP contribution >= 0.6 is 0 Å². The molecule has 1 atom stereocenters. The van der Waals surface area contributed by atoms with Crippen LogP contribution < -0.4 is 4.74 Å². The molecule has 0 fully saturated rings. The molecule has 0 aliphatic heterocycles. The van der Waals surface area contributed by atoms with Crippen LogP contribution in [0.5, 0.6) is 5.75 Å². The summed E-state index contributed by atoms with van der Waals surface area (Å²) in [6.45, 7) is 6.54. The smallest absolute Gasteiger partial charge is 0.166 e. The molecule has 1 N–H and O–H groups in total. The summed E-state index contributed by atoms with van der Waals surface area (Å²) in [7, 11) is 0. The predicted molar refractivity (Wildman–Crippen MR) is 82.0 cm³/mol. The third-order valence-corrected chi connectivity index (χ3v) is 3.77. The van der Waals surface area contributed by atoms with Gasteiger partial charge in [0.25, 0.3) is 0 Å². The largest absolute Gasteiger partial charge is 0.489 e. The monoisotopic (exact) mass is 281 g/mol. The lowest BCUT2D eigenvalue weighted by Crippen LogP contribution is -2.04. The van der Waals surface area contributed by atoms with E-state index in [0.717, 1.165) is 11.3 Å². The second-order valence-corrected chi connectivity index (χ2v) is 5.20. The first-order chi connectivity index (χ1) is 10.0. The zero-order chi connectivity index (χ0) is 15.4. The third kappa shape index (κ3) is 3.42.